The van der Waals surface area contributed by atoms with E-state index in [1.54, 1.807) is 18.5 Å². The van der Waals surface area contributed by atoms with Crippen LogP contribution in [0.25, 0.3) is 0 Å². The lowest BCUT2D eigenvalue weighted by atomic mass is 9.96. The second kappa shape index (κ2) is 5.24. The molecule has 1 aromatic rings. The molecule has 1 N–H and O–H groups in total. The molecule has 2 atom stereocenters. The molecule has 0 amide bonds. The minimum Gasteiger partial charge on any atom is -0.492 e. The van der Waals surface area contributed by atoms with Crippen molar-refractivity contribution >= 4 is 9.84 Å². The lowest BCUT2D eigenvalue weighted by Gasteiger charge is -2.17. The molecule has 0 spiro atoms. The zero-order valence-electron chi connectivity index (χ0n) is 10.2. The number of ether oxygens (including phenoxy) is 1. The first kappa shape index (κ1) is 13.3. The molecule has 100 valence electrons. The Balaban J connectivity index is 2.13. The normalized spacial score (nSPS) is 23.8. The molecule has 0 saturated carbocycles. The number of hydrogen-bond acceptors (Lipinski definition) is 5. The Morgan fingerprint density at radius 3 is 2.94 bits per heavy atom. The van der Waals surface area contributed by atoms with Crippen LogP contribution in [0.5, 0.6) is 5.75 Å². The van der Waals surface area contributed by atoms with Crippen LogP contribution in [0, 0.1) is 5.92 Å². The van der Waals surface area contributed by atoms with E-state index in [0.717, 1.165) is 0 Å². The summed E-state index contributed by atoms with van der Waals surface area (Å²) in [5.74, 6) is 0.559. The monoisotopic (exact) mass is 271 g/mol. The van der Waals surface area contributed by atoms with Gasteiger partial charge in [0.05, 0.1) is 30.4 Å². The molecule has 0 aromatic carbocycles. The molecule has 1 saturated heterocycles. The highest BCUT2D eigenvalue weighted by atomic mass is 32.2. The molecular formula is C12H17NO4S. The standard InChI is InChI=1S/C12H17NO4S/c1-2-17-11-5-10(6-13-7-11)12(14)9-3-4-18(15,16)8-9/h5-7,9,12,14H,2-4,8H2,1H3. The summed E-state index contributed by atoms with van der Waals surface area (Å²) in [6, 6.07) is 1.71. The predicted octanol–water partition coefficient (Wildman–Crippen LogP) is 0.948. The molecule has 18 heavy (non-hydrogen) atoms. The molecule has 1 aliphatic rings. The summed E-state index contributed by atoms with van der Waals surface area (Å²) in [6.07, 6.45) is 2.83. The van der Waals surface area contributed by atoms with E-state index in [1.165, 1.54) is 0 Å². The average molecular weight is 271 g/mol. The van der Waals surface area contributed by atoms with E-state index in [-0.39, 0.29) is 17.4 Å². The first-order valence-corrected chi connectivity index (χ1v) is 7.80. The van der Waals surface area contributed by atoms with Crippen LogP contribution in [-0.4, -0.2) is 36.6 Å². The zero-order chi connectivity index (χ0) is 13.2. The van der Waals surface area contributed by atoms with Crippen LogP contribution in [0.15, 0.2) is 18.5 Å². The van der Waals surface area contributed by atoms with Crippen LogP contribution in [0.2, 0.25) is 0 Å². The number of pyridine rings is 1. The first-order valence-electron chi connectivity index (χ1n) is 5.98. The Morgan fingerprint density at radius 2 is 2.33 bits per heavy atom. The molecule has 2 unspecified atom stereocenters. The van der Waals surface area contributed by atoms with Gasteiger partial charge in [-0.15, -0.1) is 0 Å². The third-order valence-electron chi connectivity index (χ3n) is 3.10. The van der Waals surface area contributed by atoms with Crippen molar-refractivity contribution in [2.45, 2.75) is 19.4 Å². The summed E-state index contributed by atoms with van der Waals surface area (Å²) in [6.45, 7) is 2.39. The molecule has 0 bridgehead atoms. The molecule has 2 rings (SSSR count). The van der Waals surface area contributed by atoms with Crippen molar-refractivity contribution in [3.05, 3.63) is 24.0 Å². The largest absolute Gasteiger partial charge is 0.492 e. The third-order valence-corrected chi connectivity index (χ3v) is 4.89. The van der Waals surface area contributed by atoms with E-state index in [2.05, 4.69) is 4.98 Å². The summed E-state index contributed by atoms with van der Waals surface area (Å²) >= 11 is 0. The topological polar surface area (TPSA) is 76.5 Å². The van der Waals surface area contributed by atoms with Crippen molar-refractivity contribution < 1.29 is 18.3 Å². The van der Waals surface area contributed by atoms with Gasteiger partial charge >= 0.3 is 0 Å². The maximum absolute atomic E-state index is 11.4. The molecule has 0 radical (unpaired) electrons. The second-order valence-electron chi connectivity index (χ2n) is 4.49. The van der Waals surface area contributed by atoms with E-state index in [9.17, 15) is 13.5 Å². The minimum absolute atomic E-state index is 0.0486. The van der Waals surface area contributed by atoms with E-state index in [0.29, 0.717) is 24.3 Å². The van der Waals surface area contributed by atoms with Crippen molar-refractivity contribution in [3.63, 3.8) is 0 Å². The lowest BCUT2D eigenvalue weighted by molar-refractivity contribution is 0.120. The summed E-state index contributed by atoms with van der Waals surface area (Å²) in [4.78, 5) is 4.00. The van der Waals surface area contributed by atoms with Gasteiger partial charge in [0.1, 0.15) is 5.75 Å². The highest BCUT2D eigenvalue weighted by Gasteiger charge is 2.33. The van der Waals surface area contributed by atoms with Crippen LogP contribution >= 0.6 is 0 Å². The molecule has 1 fully saturated rings. The van der Waals surface area contributed by atoms with Gasteiger partial charge in [-0.1, -0.05) is 0 Å². The molecule has 0 aliphatic carbocycles. The van der Waals surface area contributed by atoms with Crippen molar-refractivity contribution in [1.82, 2.24) is 4.98 Å². The van der Waals surface area contributed by atoms with Gasteiger partial charge in [0.25, 0.3) is 0 Å². The lowest BCUT2D eigenvalue weighted by Crippen LogP contribution is -2.14. The maximum Gasteiger partial charge on any atom is 0.150 e. The van der Waals surface area contributed by atoms with E-state index >= 15 is 0 Å². The Hall–Kier alpha value is -1.14. The Kier molecular flexibility index (Phi) is 3.87. The number of nitrogens with zero attached hydrogens (tertiary/aromatic N) is 1. The average Bonchev–Trinajstić information content (AvgIpc) is 2.70. The quantitative estimate of drug-likeness (QED) is 0.882. The van der Waals surface area contributed by atoms with Gasteiger partial charge in [-0.3, -0.25) is 4.98 Å². The highest BCUT2D eigenvalue weighted by molar-refractivity contribution is 7.91. The van der Waals surface area contributed by atoms with Crippen molar-refractivity contribution in [3.8, 4) is 5.75 Å². The van der Waals surface area contributed by atoms with Gasteiger partial charge < -0.3 is 9.84 Å². The van der Waals surface area contributed by atoms with Gasteiger partial charge in [0.15, 0.2) is 9.84 Å². The van der Waals surface area contributed by atoms with Gasteiger partial charge in [-0.05, 0) is 19.4 Å². The second-order valence-corrected chi connectivity index (χ2v) is 6.72. The van der Waals surface area contributed by atoms with Gasteiger partial charge in [0, 0.05) is 17.7 Å². The van der Waals surface area contributed by atoms with E-state index < -0.39 is 15.9 Å². The fourth-order valence-corrected chi connectivity index (χ4v) is 4.02. The fraction of sp³-hybridized carbons (Fsp3) is 0.583. The van der Waals surface area contributed by atoms with E-state index in [4.69, 9.17) is 4.74 Å². The molecule has 6 heteroatoms. The van der Waals surface area contributed by atoms with Crippen LogP contribution in [0.3, 0.4) is 0 Å². The molecule has 1 aromatic heterocycles. The Labute approximate surface area is 107 Å². The molecule has 5 nitrogen and oxygen atoms in total. The Morgan fingerprint density at radius 1 is 1.56 bits per heavy atom. The number of aliphatic hydroxyl groups excluding tert-OH is 1. The zero-order valence-corrected chi connectivity index (χ0v) is 11.1. The number of aromatic nitrogens is 1. The summed E-state index contributed by atoms with van der Waals surface area (Å²) in [7, 11) is -2.98. The summed E-state index contributed by atoms with van der Waals surface area (Å²) in [5.41, 5.74) is 0.614. The molecule has 1 aliphatic heterocycles. The van der Waals surface area contributed by atoms with Gasteiger partial charge in [-0.2, -0.15) is 0 Å². The van der Waals surface area contributed by atoms with Crippen LogP contribution < -0.4 is 4.74 Å². The highest BCUT2D eigenvalue weighted by Crippen LogP contribution is 2.32. The number of aliphatic hydroxyl groups is 1. The minimum atomic E-state index is -2.98. The number of sulfone groups is 1. The maximum atomic E-state index is 11.4. The fourth-order valence-electron chi connectivity index (χ4n) is 2.19. The molecule has 2 heterocycles. The SMILES string of the molecule is CCOc1cncc(C(O)C2CCS(=O)(=O)C2)c1. The number of rotatable bonds is 4. The van der Waals surface area contributed by atoms with E-state index in [1.807, 2.05) is 6.92 Å². The van der Waals surface area contributed by atoms with Crippen LogP contribution in [0.4, 0.5) is 0 Å². The third kappa shape index (κ3) is 3.00. The van der Waals surface area contributed by atoms with Crippen LogP contribution in [0.1, 0.15) is 25.0 Å². The van der Waals surface area contributed by atoms with Crippen molar-refractivity contribution in [2.75, 3.05) is 18.1 Å². The number of hydrogen-bond donors (Lipinski definition) is 1. The summed E-state index contributed by atoms with van der Waals surface area (Å²) in [5, 5.41) is 10.2. The van der Waals surface area contributed by atoms with Crippen molar-refractivity contribution in [2.24, 2.45) is 5.92 Å². The van der Waals surface area contributed by atoms with Crippen LogP contribution in [-0.2, 0) is 9.84 Å². The van der Waals surface area contributed by atoms with Gasteiger partial charge in [0.2, 0.25) is 0 Å². The first-order chi connectivity index (χ1) is 8.52. The Bertz CT molecular complexity index is 515. The van der Waals surface area contributed by atoms with Gasteiger partial charge in [-0.25, -0.2) is 8.42 Å². The smallest absolute Gasteiger partial charge is 0.150 e. The summed E-state index contributed by atoms with van der Waals surface area (Å²) < 4.78 is 28.1. The molecular weight excluding hydrogens is 254 g/mol. The predicted molar refractivity (Wildman–Crippen MR) is 67.1 cm³/mol. The van der Waals surface area contributed by atoms with Crippen molar-refractivity contribution in [1.29, 1.82) is 0 Å².